The van der Waals surface area contributed by atoms with Crippen molar-refractivity contribution in [1.82, 2.24) is 19.7 Å². The van der Waals surface area contributed by atoms with Crippen LogP contribution in [0.2, 0.25) is 0 Å². The summed E-state index contributed by atoms with van der Waals surface area (Å²) in [5.74, 6) is 4.85. The maximum atomic E-state index is 4.72. The normalized spacial score (nSPS) is 12.6. The van der Waals surface area contributed by atoms with Crippen LogP contribution in [0.4, 0.5) is 0 Å². The summed E-state index contributed by atoms with van der Waals surface area (Å²) in [5.41, 5.74) is 0. The summed E-state index contributed by atoms with van der Waals surface area (Å²) >= 11 is 3.69. The molecule has 0 spiro atoms. The van der Waals surface area contributed by atoms with Crippen molar-refractivity contribution in [1.29, 1.82) is 0 Å². The number of nitrogens with zero attached hydrogens (tertiary/aromatic N) is 4. The molecule has 2 rings (SSSR count). The summed E-state index contributed by atoms with van der Waals surface area (Å²) in [4.78, 5) is 9.11. The van der Waals surface area contributed by atoms with E-state index in [4.69, 9.17) is 4.98 Å². The Hall–Kier alpha value is -1.01. The van der Waals surface area contributed by atoms with Gasteiger partial charge in [0.1, 0.15) is 5.82 Å². The Balaban J connectivity index is 2.34. The molecule has 0 aliphatic carbocycles. The van der Waals surface area contributed by atoms with Gasteiger partial charge in [0, 0.05) is 18.4 Å². The van der Waals surface area contributed by atoms with Gasteiger partial charge >= 0.3 is 0 Å². The Morgan fingerprint density at radius 2 is 2.20 bits per heavy atom. The minimum absolute atomic E-state index is 0.317. The van der Waals surface area contributed by atoms with Crippen molar-refractivity contribution >= 4 is 23.5 Å². The number of aromatic nitrogens is 4. The molecule has 0 fully saturated rings. The van der Waals surface area contributed by atoms with Crippen molar-refractivity contribution < 1.29 is 0 Å². The van der Waals surface area contributed by atoms with Crippen LogP contribution in [0.3, 0.4) is 0 Å². The summed E-state index contributed by atoms with van der Waals surface area (Å²) in [5, 5.41) is 4.95. The Kier molecular flexibility index (Phi) is 5.91. The van der Waals surface area contributed by atoms with Gasteiger partial charge in [0.25, 0.3) is 0 Å². The molecule has 0 N–H and O–H groups in total. The molecule has 0 amide bonds. The third-order valence-corrected chi connectivity index (χ3v) is 4.51. The molecule has 0 saturated heterocycles. The molecule has 2 aromatic heterocycles. The highest BCUT2D eigenvalue weighted by Gasteiger charge is 2.17. The fourth-order valence-corrected chi connectivity index (χ4v) is 3.09. The van der Waals surface area contributed by atoms with Crippen molar-refractivity contribution in [3.05, 3.63) is 36.0 Å². The van der Waals surface area contributed by atoms with Gasteiger partial charge in [0.05, 0.1) is 5.25 Å². The first kappa shape index (κ1) is 15.4. The maximum Gasteiger partial charge on any atom is 0.155 e. The summed E-state index contributed by atoms with van der Waals surface area (Å²) in [7, 11) is 0. The van der Waals surface area contributed by atoms with Crippen LogP contribution in [0.5, 0.6) is 0 Å². The molecule has 0 unspecified atom stereocenters. The molecule has 1 atom stereocenters. The largest absolute Gasteiger partial charge is 0.237 e. The van der Waals surface area contributed by atoms with E-state index in [1.165, 1.54) is 0 Å². The van der Waals surface area contributed by atoms with E-state index in [2.05, 4.69) is 30.2 Å². The zero-order chi connectivity index (χ0) is 14.4. The number of rotatable bonds is 7. The van der Waals surface area contributed by atoms with Crippen LogP contribution in [0.15, 0.2) is 24.4 Å². The molecule has 108 valence electrons. The predicted octanol–water partition coefficient (Wildman–Crippen LogP) is 3.38. The Morgan fingerprint density at radius 1 is 1.35 bits per heavy atom. The first-order valence-electron chi connectivity index (χ1n) is 6.74. The average Bonchev–Trinajstić information content (AvgIpc) is 2.90. The molecule has 4 nitrogen and oxygen atoms in total. The lowest BCUT2D eigenvalue weighted by Crippen LogP contribution is -2.06. The Labute approximate surface area is 128 Å². The molecule has 6 heteroatoms. The minimum atomic E-state index is 0.317. The summed E-state index contributed by atoms with van der Waals surface area (Å²) < 4.78 is 1.89. The van der Waals surface area contributed by atoms with E-state index in [-0.39, 0.29) is 0 Å². The minimum Gasteiger partial charge on any atom is -0.237 e. The van der Waals surface area contributed by atoms with E-state index in [9.17, 15) is 0 Å². The first-order chi connectivity index (χ1) is 9.76. The number of thioether (sulfide) groups is 2. The molecular formula is C14H20N4S2. The van der Waals surface area contributed by atoms with Crippen molar-refractivity contribution in [2.24, 2.45) is 0 Å². The van der Waals surface area contributed by atoms with Gasteiger partial charge in [-0.2, -0.15) is 28.2 Å². The fourth-order valence-electron chi connectivity index (χ4n) is 1.90. The molecule has 0 aliphatic heterocycles. The van der Waals surface area contributed by atoms with Crippen LogP contribution in [-0.2, 0) is 6.42 Å². The molecule has 2 aromatic rings. The average molecular weight is 308 g/mol. The van der Waals surface area contributed by atoms with E-state index in [1.54, 1.807) is 6.20 Å². The number of aryl methyl sites for hydroxylation is 1. The molecule has 0 aliphatic rings. The molecule has 0 saturated carbocycles. The van der Waals surface area contributed by atoms with Gasteiger partial charge in [-0.3, -0.25) is 0 Å². The Morgan fingerprint density at radius 3 is 2.85 bits per heavy atom. The van der Waals surface area contributed by atoms with Crippen LogP contribution in [0, 0.1) is 0 Å². The van der Waals surface area contributed by atoms with E-state index in [0.29, 0.717) is 5.25 Å². The van der Waals surface area contributed by atoms with E-state index < -0.39 is 0 Å². The summed E-state index contributed by atoms with van der Waals surface area (Å²) in [6, 6.07) is 5.87. The highest BCUT2D eigenvalue weighted by molar-refractivity contribution is 7.99. The van der Waals surface area contributed by atoms with Gasteiger partial charge in [-0.05, 0) is 31.1 Å². The highest BCUT2D eigenvalue weighted by atomic mass is 32.2. The monoisotopic (exact) mass is 308 g/mol. The number of hydrogen-bond donors (Lipinski definition) is 0. The van der Waals surface area contributed by atoms with Crippen molar-refractivity contribution in [2.75, 3.05) is 17.8 Å². The summed E-state index contributed by atoms with van der Waals surface area (Å²) in [6.45, 7) is 4.34. The second-order valence-corrected chi connectivity index (χ2v) is 6.93. The Bertz CT molecular complexity index is 527. The van der Waals surface area contributed by atoms with Crippen LogP contribution in [-0.4, -0.2) is 37.5 Å². The third-order valence-electron chi connectivity index (χ3n) is 2.85. The van der Waals surface area contributed by atoms with Gasteiger partial charge in [0.15, 0.2) is 11.6 Å². The lowest BCUT2D eigenvalue weighted by Gasteiger charge is -2.10. The lowest BCUT2D eigenvalue weighted by molar-refractivity contribution is 0.764. The lowest BCUT2D eigenvalue weighted by atomic mass is 10.4. The third kappa shape index (κ3) is 3.76. The maximum absolute atomic E-state index is 4.72. The molecule has 20 heavy (non-hydrogen) atoms. The van der Waals surface area contributed by atoms with Gasteiger partial charge in [-0.1, -0.05) is 13.0 Å². The van der Waals surface area contributed by atoms with Gasteiger partial charge in [-0.25, -0.2) is 9.97 Å². The summed E-state index contributed by atoms with van der Waals surface area (Å²) in [6.07, 6.45) is 4.80. The van der Waals surface area contributed by atoms with Crippen LogP contribution in [0.1, 0.15) is 30.7 Å². The molecule has 2 heterocycles. The van der Waals surface area contributed by atoms with E-state index in [0.717, 1.165) is 35.4 Å². The van der Waals surface area contributed by atoms with E-state index >= 15 is 0 Å². The SMILES string of the molecule is CCS[C@@H](C)c1nc(CCSC)nn1-c1ccccn1. The van der Waals surface area contributed by atoms with Crippen LogP contribution < -0.4 is 0 Å². The number of hydrogen-bond acceptors (Lipinski definition) is 5. The second kappa shape index (κ2) is 7.69. The molecule has 0 bridgehead atoms. The van der Waals surface area contributed by atoms with Gasteiger partial charge in [-0.15, -0.1) is 5.10 Å². The van der Waals surface area contributed by atoms with Crippen molar-refractivity contribution in [3.8, 4) is 5.82 Å². The second-order valence-electron chi connectivity index (χ2n) is 4.33. The standard InChI is InChI=1S/C14H20N4S2/c1-4-20-11(2)14-16-12(8-10-19-3)17-18(14)13-7-5-6-9-15-13/h5-7,9,11H,4,8,10H2,1-3H3/t11-/m0/s1. The highest BCUT2D eigenvalue weighted by Crippen LogP contribution is 2.27. The molecule has 0 aromatic carbocycles. The predicted molar refractivity (Wildman–Crippen MR) is 87.8 cm³/mol. The smallest absolute Gasteiger partial charge is 0.155 e. The van der Waals surface area contributed by atoms with Crippen molar-refractivity contribution in [2.45, 2.75) is 25.5 Å². The quantitative estimate of drug-likeness (QED) is 0.784. The van der Waals surface area contributed by atoms with Crippen LogP contribution >= 0.6 is 23.5 Å². The van der Waals surface area contributed by atoms with Gasteiger partial charge < -0.3 is 0 Å². The number of pyridine rings is 1. The fraction of sp³-hybridized carbons (Fsp3) is 0.500. The molecular weight excluding hydrogens is 288 g/mol. The van der Waals surface area contributed by atoms with Gasteiger partial charge in [0.2, 0.25) is 0 Å². The van der Waals surface area contributed by atoms with Crippen LogP contribution in [0.25, 0.3) is 5.82 Å². The zero-order valence-corrected chi connectivity index (χ0v) is 13.7. The van der Waals surface area contributed by atoms with Crippen molar-refractivity contribution in [3.63, 3.8) is 0 Å². The van der Waals surface area contributed by atoms with E-state index in [1.807, 2.05) is 46.4 Å². The first-order valence-corrected chi connectivity index (χ1v) is 9.18. The molecule has 0 radical (unpaired) electrons. The topological polar surface area (TPSA) is 43.6 Å². The zero-order valence-electron chi connectivity index (χ0n) is 12.1.